The molecule has 0 unspecified atom stereocenters. The smallest absolute Gasteiger partial charge is 0.0468 e. The Morgan fingerprint density at radius 3 is 1.31 bits per heavy atom. The molecule has 0 atom stereocenters. The van der Waals surface area contributed by atoms with Gasteiger partial charge in [0, 0.05) is 17.1 Å². The number of rotatable bonds is 8. The highest BCUT2D eigenvalue weighted by atomic mass is 15.1. The van der Waals surface area contributed by atoms with Crippen molar-refractivity contribution in [2.24, 2.45) is 0 Å². The SMILES string of the molecule is c1ccc(-c2ccc3cc(N(c4ccc(-c5ccc6ccccc6c5)cc4)c4cccc(-c5ccc6c(c5)c(-c5ccccc5)c(-c5ccccc5)c5ccccc56)c4)ccc3c2)cc1. The van der Waals surface area contributed by atoms with Crippen LogP contribution in [0.5, 0.6) is 0 Å². The van der Waals surface area contributed by atoms with Crippen molar-refractivity contribution in [1.29, 1.82) is 0 Å². The van der Waals surface area contributed by atoms with Crippen molar-refractivity contribution in [3.63, 3.8) is 0 Å². The van der Waals surface area contributed by atoms with Crippen molar-refractivity contribution < 1.29 is 0 Å². The summed E-state index contributed by atoms with van der Waals surface area (Å²) in [4.78, 5) is 2.40. The number of anilines is 3. The first-order chi connectivity index (χ1) is 32.2. The number of benzene rings is 12. The van der Waals surface area contributed by atoms with Gasteiger partial charge in [-0.25, -0.2) is 0 Å². The zero-order chi connectivity index (χ0) is 43.1. The zero-order valence-electron chi connectivity index (χ0n) is 35.8. The van der Waals surface area contributed by atoms with E-state index in [1.165, 1.54) is 93.2 Å². The maximum Gasteiger partial charge on any atom is 0.0468 e. The fourth-order valence-electron chi connectivity index (χ4n) is 9.81. The molecule has 0 saturated carbocycles. The van der Waals surface area contributed by atoms with Gasteiger partial charge in [-0.1, -0.05) is 206 Å². The lowest BCUT2D eigenvalue weighted by molar-refractivity contribution is 1.29. The van der Waals surface area contributed by atoms with Crippen LogP contribution in [-0.2, 0) is 0 Å². The minimum Gasteiger partial charge on any atom is -0.310 e. The lowest BCUT2D eigenvalue weighted by atomic mass is 9.84. The minimum atomic E-state index is 1.09. The summed E-state index contributed by atoms with van der Waals surface area (Å²) in [6.45, 7) is 0. The Balaban J connectivity index is 1.01. The molecule has 1 nitrogen and oxygen atoms in total. The van der Waals surface area contributed by atoms with Gasteiger partial charge in [-0.15, -0.1) is 0 Å². The lowest BCUT2D eigenvalue weighted by Gasteiger charge is -2.27. The van der Waals surface area contributed by atoms with Gasteiger partial charge in [0.05, 0.1) is 0 Å². The average molecular weight is 826 g/mol. The molecule has 12 aromatic carbocycles. The quantitative estimate of drug-likeness (QED) is 0.138. The molecule has 0 heterocycles. The molecule has 1 heteroatoms. The second-order valence-electron chi connectivity index (χ2n) is 16.9. The highest BCUT2D eigenvalue weighted by Gasteiger charge is 2.20. The summed E-state index contributed by atoms with van der Waals surface area (Å²) in [6, 6.07) is 95.3. The van der Waals surface area contributed by atoms with Crippen LogP contribution in [0.15, 0.2) is 261 Å². The number of hydrogen-bond donors (Lipinski definition) is 0. The second-order valence-corrected chi connectivity index (χ2v) is 16.9. The van der Waals surface area contributed by atoms with Crippen LogP contribution >= 0.6 is 0 Å². The Hall–Kier alpha value is -8.52. The van der Waals surface area contributed by atoms with Gasteiger partial charge in [-0.3, -0.25) is 0 Å². The van der Waals surface area contributed by atoms with Gasteiger partial charge in [0.2, 0.25) is 0 Å². The van der Waals surface area contributed by atoms with Gasteiger partial charge >= 0.3 is 0 Å². The normalized spacial score (nSPS) is 11.4. The van der Waals surface area contributed by atoms with Crippen LogP contribution in [0.4, 0.5) is 17.1 Å². The molecule has 65 heavy (non-hydrogen) atoms. The van der Waals surface area contributed by atoms with E-state index in [1.807, 2.05) is 0 Å². The van der Waals surface area contributed by atoms with Crippen LogP contribution in [0.1, 0.15) is 0 Å². The molecule has 0 fully saturated rings. The molecule has 0 aliphatic heterocycles. The van der Waals surface area contributed by atoms with E-state index < -0.39 is 0 Å². The van der Waals surface area contributed by atoms with Gasteiger partial charge in [0.15, 0.2) is 0 Å². The predicted molar refractivity (Wildman–Crippen MR) is 278 cm³/mol. The Labute approximate surface area is 379 Å². The summed E-state index contributed by atoms with van der Waals surface area (Å²) in [5.41, 5.74) is 15.4. The third kappa shape index (κ3) is 7.10. The standard InChI is InChI=1S/C64H43N/c1-4-15-44(16-5-1)51-29-30-54-42-58(37-33-53(54)40-51)65(56-35-31-46(32-36-56)52-28-27-45-17-10-11-22-49(45)39-52)57-24-14-23-50(41-57)55-34-38-60-59-25-12-13-26-61(59)63(47-18-6-2-7-19-47)64(62(60)43-55)48-20-8-3-9-21-48/h1-43H. The van der Waals surface area contributed by atoms with Crippen LogP contribution < -0.4 is 4.90 Å². The molecule has 0 radical (unpaired) electrons. The van der Waals surface area contributed by atoms with Crippen molar-refractivity contribution in [3.8, 4) is 55.6 Å². The number of nitrogens with zero attached hydrogens (tertiary/aromatic N) is 1. The lowest BCUT2D eigenvalue weighted by Crippen LogP contribution is -2.10. The van der Waals surface area contributed by atoms with Gasteiger partial charge in [0.25, 0.3) is 0 Å². The van der Waals surface area contributed by atoms with Crippen molar-refractivity contribution in [2.75, 3.05) is 4.90 Å². The molecule has 12 rings (SSSR count). The summed E-state index contributed by atoms with van der Waals surface area (Å²) in [6.07, 6.45) is 0. The van der Waals surface area contributed by atoms with Crippen LogP contribution in [0.2, 0.25) is 0 Å². The molecular weight excluding hydrogens is 783 g/mol. The summed E-state index contributed by atoms with van der Waals surface area (Å²) in [7, 11) is 0. The maximum absolute atomic E-state index is 2.42. The van der Waals surface area contributed by atoms with Crippen molar-refractivity contribution >= 4 is 60.2 Å². The largest absolute Gasteiger partial charge is 0.310 e. The first-order valence-corrected chi connectivity index (χ1v) is 22.4. The summed E-state index contributed by atoms with van der Waals surface area (Å²) < 4.78 is 0. The Kier molecular flexibility index (Phi) is 9.58. The minimum absolute atomic E-state index is 1.09. The second kappa shape index (κ2) is 16.3. The Bertz CT molecular complexity index is 3690. The third-order valence-corrected chi connectivity index (χ3v) is 13.0. The summed E-state index contributed by atoms with van der Waals surface area (Å²) >= 11 is 0. The topological polar surface area (TPSA) is 3.24 Å². The zero-order valence-corrected chi connectivity index (χ0v) is 35.8. The van der Waals surface area contributed by atoms with Crippen molar-refractivity contribution in [2.45, 2.75) is 0 Å². The van der Waals surface area contributed by atoms with E-state index in [2.05, 4.69) is 266 Å². The Morgan fingerprint density at radius 1 is 0.185 bits per heavy atom. The van der Waals surface area contributed by atoms with E-state index in [-0.39, 0.29) is 0 Å². The molecule has 0 aromatic heterocycles. The highest BCUT2D eigenvalue weighted by Crippen LogP contribution is 2.46. The molecule has 12 aromatic rings. The van der Waals surface area contributed by atoms with E-state index in [9.17, 15) is 0 Å². The van der Waals surface area contributed by atoms with E-state index in [4.69, 9.17) is 0 Å². The molecule has 0 N–H and O–H groups in total. The van der Waals surface area contributed by atoms with Crippen LogP contribution in [-0.4, -0.2) is 0 Å². The summed E-state index contributed by atoms with van der Waals surface area (Å²) in [5.74, 6) is 0. The van der Waals surface area contributed by atoms with Crippen molar-refractivity contribution in [1.82, 2.24) is 0 Å². The maximum atomic E-state index is 2.42. The van der Waals surface area contributed by atoms with Gasteiger partial charge in [-0.2, -0.15) is 0 Å². The fourth-order valence-corrected chi connectivity index (χ4v) is 9.81. The van der Waals surface area contributed by atoms with Gasteiger partial charge < -0.3 is 4.90 Å². The summed E-state index contributed by atoms with van der Waals surface area (Å²) in [5, 5.41) is 9.90. The van der Waals surface area contributed by atoms with E-state index in [0.29, 0.717) is 0 Å². The molecular formula is C64H43N. The van der Waals surface area contributed by atoms with E-state index in [0.717, 1.165) is 22.6 Å². The first-order valence-electron chi connectivity index (χ1n) is 22.4. The predicted octanol–water partition coefficient (Wildman–Crippen LogP) is 18.1. The monoisotopic (exact) mass is 825 g/mol. The van der Waals surface area contributed by atoms with Gasteiger partial charge in [0.1, 0.15) is 0 Å². The number of hydrogen-bond acceptors (Lipinski definition) is 1. The first kappa shape index (κ1) is 38.2. The molecule has 0 saturated heterocycles. The molecule has 0 aliphatic carbocycles. The van der Waals surface area contributed by atoms with Gasteiger partial charge in [-0.05, 0) is 153 Å². The van der Waals surface area contributed by atoms with E-state index >= 15 is 0 Å². The van der Waals surface area contributed by atoms with Crippen LogP contribution in [0.25, 0.3) is 98.7 Å². The van der Waals surface area contributed by atoms with E-state index in [1.54, 1.807) is 0 Å². The molecule has 0 aliphatic rings. The number of fused-ring (bicyclic) bond motifs is 5. The molecule has 304 valence electrons. The third-order valence-electron chi connectivity index (χ3n) is 13.0. The molecule has 0 spiro atoms. The van der Waals surface area contributed by atoms with Crippen LogP contribution in [0.3, 0.4) is 0 Å². The Morgan fingerprint density at radius 2 is 0.600 bits per heavy atom. The fraction of sp³-hybridized carbons (Fsp3) is 0. The van der Waals surface area contributed by atoms with Crippen LogP contribution in [0, 0.1) is 0 Å². The molecule has 0 amide bonds. The average Bonchev–Trinajstić information content (AvgIpc) is 3.39. The van der Waals surface area contributed by atoms with Crippen molar-refractivity contribution in [3.05, 3.63) is 261 Å². The molecule has 0 bridgehead atoms. The highest BCUT2D eigenvalue weighted by molar-refractivity contribution is 6.22.